The minimum Gasteiger partial charge on any atom is -0.325 e. The van der Waals surface area contributed by atoms with Crippen LogP contribution in [-0.2, 0) is 0 Å². The van der Waals surface area contributed by atoms with E-state index < -0.39 is 0 Å². The first-order chi connectivity index (χ1) is 3.56. The normalized spacial score (nSPS) is 12.0. The first-order valence-electron chi connectivity index (χ1n) is 2.93. The third kappa shape index (κ3) is 6.31. The van der Waals surface area contributed by atoms with E-state index in [1.54, 1.807) is 0 Å². The average Bonchev–Trinajstić information content (AvgIpc) is 1.59. The van der Waals surface area contributed by atoms with Crippen LogP contribution in [0.4, 0.5) is 0 Å². The minimum atomic E-state index is 0.0146. The summed E-state index contributed by atoms with van der Waals surface area (Å²) < 4.78 is 0. The lowest BCUT2D eigenvalue weighted by atomic mass is 10.1. The monoisotopic (exact) mass is 133 g/mol. The van der Waals surface area contributed by atoms with Gasteiger partial charge < -0.3 is 5.73 Å². The highest BCUT2D eigenvalue weighted by Gasteiger charge is 2.08. The molecule has 0 aromatic carbocycles. The molecule has 0 radical (unpaired) electrons. The number of nitrogens with two attached hydrogens (primary N) is 1. The Kier molecular flexibility index (Phi) is 3.49. The van der Waals surface area contributed by atoms with E-state index in [4.69, 9.17) is 5.73 Å². The summed E-state index contributed by atoms with van der Waals surface area (Å²) in [5, 5.41) is 0. The van der Waals surface area contributed by atoms with E-state index in [-0.39, 0.29) is 5.54 Å². The average molecular weight is 133 g/mol. The molecule has 8 heavy (non-hydrogen) atoms. The van der Waals surface area contributed by atoms with Crippen LogP contribution in [0.5, 0.6) is 0 Å². The van der Waals surface area contributed by atoms with E-state index in [9.17, 15) is 0 Å². The van der Waals surface area contributed by atoms with Crippen LogP contribution < -0.4 is 5.73 Å². The van der Waals surface area contributed by atoms with Crippen LogP contribution in [0.1, 0.15) is 20.8 Å². The fourth-order valence-electron chi connectivity index (χ4n) is 0.365. The van der Waals surface area contributed by atoms with Crippen LogP contribution >= 0.6 is 11.8 Å². The second-order valence-corrected chi connectivity index (χ2v) is 3.90. The fraction of sp³-hybridized carbons (Fsp3) is 1.00. The molecule has 0 aromatic heterocycles. The van der Waals surface area contributed by atoms with Gasteiger partial charge in [-0.3, -0.25) is 0 Å². The molecule has 0 bridgehead atoms. The molecule has 0 aliphatic carbocycles. The second kappa shape index (κ2) is 3.36. The van der Waals surface area contributed by atoms with Gasteiger partial charge in [-0.15, -0.1) is 0 Å². The topological polar surface area (TPSA) is 26.0 Å². The van der Waals surface area contributed by atoms with Crippen molar-refractivity contribution >= 4 is 11.8 Å². The summed E-state index contributed by atoms with van der Waals surface area (Å²) in [5.41, 5.74) is 5.72. The van der Waals surface area contributed by atoms with Crippen molar-refractivity contribution < 1.29 is 0 Å². The number of hydrogen-bond donors (Lipinski definition) is 1. The summed E-state index contributed by atoms with van der Waals surface area (Å²) in [5.74, 6) is 2.23. The van der Waals surface area contributed by atoms with Gasteiger partial charge in [0.25, 0.3) is 0 Å². The van der Waals surface area contributed by atoms with Gasteiger partial charge >= 0.3 is 0 Å². The molecule has 0 amide bonds. The molecular formula is C6H15NS. The second-order valence-electron chi connectivity index (χ2n) is 2.63. The molecular weight excluding hydrogens is 118 g/mol. The molecule has 0 aliphatic rings. The van der Waals surface area contributed by atoms with Crippen LogP contribution in [0.15, 0.2) is 0 Å². The Balaban J connectivity index is 3.11. The Morgan fingerprint density at radius 1 is 1.50 bits per heavy atom. The fourth-order valence-corrected chi connectivity index (χ4v) is 1.10. The number of rotatable bonds is 3. The zero-order valence-corrected chi connectivity index (χ0v) is 6.72. The van der Waals surface area contributed by atoms with Crippen LogP contribution in [0, 0.1) is 0 Å². The van der Waals surface area contributed by atoms with Gasteiger partial charge in [0, 0.05) is 11.3 Å². The number of thioether (sulfide) groups is 1. The molecule has 50 valence electrons. The van der Waals surface area contributed by atoms with Crippen molar-refractivity contribution in [2.45, 2.75) is 26.3 Å². The molecule has 0 spiro atoms. The van der Waals surface area contributed by atoms with Gasteiger partial charge in [-0.25, -0.2) is 0 Å². The maximum Gasteiger partial charge on any atom is 0.0188 e. The summed E-state index contributed by atoms with van der Waals surface area (Å²) in [7, 11) is 0. The lowest BCUT2D eigenvalue weighted by Gasteiger charge is -2.16. The highest BCUT2D eigenvalue weighted by atomic mass is 32.2. The predicted octanol–water partition coefficient (Wildman–Crippen LogP) is 1.48. The van der Waals surface area contributed by atoms with Crippen molar-refractivity contribution in [1.82, 2.24) is 0 Å². The van der Waals surface area contributed by atoms with E-state index in [0.717, 1.165) is 5.75 Å². The van der Waals surface area contributed by atoms with Crippen molar-refractivity contribution in [2.24, 2.45) is 5.73 Å². The summed E-state index contributed by atoms with van der Waals surface area (Å²) in [6.45, 7) is 6.25. The smallest absolute Gasteiger partial charge is 0.0188 e. The maximum atomic E-state index is 5.70. The lowest BCUT2D eigenvalue weighted by Crippen LogP contribution is -2.34. The molecule has 0 heterocycles. The van der Waals surface area contributed by atoms with Gasteiger partial charge in [-0.05, 0) is 19.6 Å². The quantitative estimate of drug-likeness (QED) is 0.631. The molecule has 0 atom stereocenters. The van der Waals surface area contributed by atoms with E-state index in [1.165, 1.54) is 5.75 Å². The molecule has 0 aromatic rings. The summed E-state index contributed by atoms with van der Waals surface area (Å²) >= 11 is 1.89. The van der Waals surface area contributed by atoms with Crippen molar-refractivity contribution in [3.8, 4) is 0 Å². The van der Waals surface area contributed by atoms with Gasteiger partial charge in [-0.2, -0.15) is 11.8 Å². The van der Waals surface area contributed by atoms with Crippen LogP contribution in [0.25, 0.3) is 0 Å². The number of hydrogen-bond acceptors (Lipinski definition) is 2. The summed E-state index contributed by atoms with van der Waals surface area (Å²) in [6.07, 6.45) is 0. The Morgan fingerprint density at radius 3 is 2.12 bits per heavy atom. The molecule has 2 heteroatoms. The van der Waals surface area contributed by atoms with Crippen LogP contribution in [-0.4, -0.2) is 17.0 Å². The van der Waals surface area contributed by atoms with E-state index in [2.05, 4.69) is 20.8 Å². The summed E-state index contributed by atoms with van der Waals surface area (Å²) in [4.78, 5) is 0. The Bertz CT molecular complexity index is 56.0. The predicted molar refractivity (Wildman–Crippen MR) is 41.3 cm³/mol. The molecule has 0 rings (SSSR count). The van der Waals surface area contributed by atoms with Gasteiger partial charge in [-0.1, -0.05) is 6.92 Å². The van der Waals surface area contributed by atoms with Crippen molar-refractivity contribution in [3.05, 3.63) is 0 Å². The van der Waals surface area contributed by atoms with Gasteiger partial charge in [0.15, 0.2) is 0 Å². The molecule has 0 aliphatic heterocycles. The van der Waals surface area contributed by atoms with Crippen molar-refractivity contribution in [2.75, 3.05) is 11.5 Å². The molecule has 0 unspecified atom stereocenters. The maximum absolute atomic E-state index is 5.70. The Hall–Kier alpha value is 0.310. The lowest BCUT2D eigenvalue weighted by molar-refractivity contribution is 0.591. The highest BCUT2D eigenvalue weighted by Crippen LogP contribution is 2.07. The Labute approximate surface area is 56.0 Å². The van der Waals surface area contributed by atoms with Gasteiger partial charge in [0.1, 0.15) is 0 Å². The largest absolute Gasteiger partial charge is 0.325 e. The summed E-state index contributed by atoms with van der Waals surface area (Å²) in [6, 6.07) is 0. The zero-order chi connectivity index (χ0) is 6.62. The third-order valence-corrected chi connectivity index (χ3v) is 2.03. The van der Waals surface area contributed by atoms with Crippen LogP contribution in [0.2, 0.25) is 0 Å². The van der Waals surface area contributed by atoms with Gasteiger partial charge in [0.05, 0.1) is 0 Å². The SMILES string of the molecule is CCSCC(C)(C)N. The van der Waals surface area contributed by atoms with Crippen LogP contribution in [0.3, 0.4) is 0 Å². The molecule has 0 saturated carbocycles. The van der Waals surface area contributed by atoms with Crippen molar-refractivity contribution in [1.29, 1.82) is 0 Å². The molecule has 2 N–H and O–H groups in total. The van der Waals surface area contributed by atoms with Crippen molar-refractivity contribution in [3.63, 3.8) is 0 Å². The molecule has 0 fully saturated rings. The zero-order valence-electron chi connectivity index (χ0n) is 5.90. The standard InChI is InChI=1S/C6H15NS/c1-4-8-5-6(2,3)7/h4-5,7H2,1-3H3. The first kappa shape index (κ1) is 8.31. The molecule has 0 saturated heterocycles. The third-order valence-electron chi connectivity index (χ3n) is 0.678. The minimum absolute atomic E-state index is 0.0146. The van der Waals surface area contributed by atoms with E-state index in [0.29, 0.717) is 0 Å². The highest BCUT2D eigenvalue weighted by molar-refractivity contribution is 7.99. The molecule has 1 nitrogen and oxygen atoms in total. The Morgan fingerprint density at radius 2 is 2.00 bits per heavy atom. The van der Waals surface area contributed by atoms with E-state index in [1.807, 2.05) is 11.8 Å². The van der Waals surface area contributed by atoms with E-state index >= 15 is 0 Å². The van der Waals surface area contributed by atoms with Gasteiger partial charge in [0.2, 0.25) is 0 Å². The first-order valence-corrected chi connectivity index (χ1v) is 4.08.